The van der Waals surface area contributed by atoms with Gasteiger partial charge in [0.25, 0.3) is 0 Å². The van der Waals surface area contributed by atoms with Crippen LogP contribution in [0.3, 0.4) is 0 Å². The van der Waals surface area contributed by atoms with Gasteiger partial charge in [-0.25, -0.2) is 4.79 Å². The number of amides is 2. The van der Waals surface area contributed by atoms with Crippen molar-refractivity contribution in [1.82, 2.24) is 4.90 Å². The largest absolute Gasteiger partial charge is 0.325 e. The number of hydrogen-bond donors (Lipinski definition) is 0. The van der Waals surface area contributed by atoms with Crippen molar-refractivity contribution in [2.75, 3.05) is 11.4 Å². The number of carbonyl (C=O) groups is 1. The van der Waals surface area contributed by atoms with E-state index >= 15 is 0 Å². The predicted octanol–water partition coefficient (Wildman–Crippen LogP) is 5.36. The van der Waals surface area contributed by atoms with Crippen molar-refractivity contribution in [3.63, 3.8) is 0 Å². The van der Waals surface area contributed by atoms with Crippen molar-refractivity contribution in [2.24, 2.45) is 0 Å². The molecule has 1 aliphatic carbocycles. The molecule has 1 aromatic rings. The van der Waals surface area contributed by atoms with E-state index < -0.39 is 0 Å². The molecule has 1 saturated heterocycles. The molecule has 124 valence electrons. The lowest BCUT2D eigenvalue weighted by Gasteiger charge is -2.37. The third-order valence-electron chi connectivity index (χ3n) is 5.07. The van der Waals surface area contributed by atoms with Crippen LogP contribution in [0.4, 0.5) is 10.5 Å². The summed E-state index contributed by atoms with van der Waals surface area (Å²) in [4.78, 5) is 17.4. The Morgan fingerprint density at radius 3 is 2.39 bits per heavy atom. The molecule has 1 heterocycles. The zero-order chi connectivity index (χ0) is 16.2. The van der Waals surface area contributed by atoms with Crippen LogP contribution >= 0.6 is 15.9 Å². The molecule has 2 fully saturated rings. The summed E-state index contributed by atoms with van der Waals surface area (Å²) in [6.07, 6.45) is 10.1. The van der Waals surface area contributed by atoms with Crippen LogP contribution in [0.15, 0.2) is 41.4 Å². The summed E-state index contributed by atoms with van der Waals surface area (Å²) in [5, 5.41) is 0. The molecular formula is C19H25BrN2O. The van der Waals surface area contributed by atoms with Gasteiger partial charge in [0.1, 0.15) is 0 Å². The van der Waals surface area contributed by atoms with Crippen LogP contribution in [-0.4, -0.2) is 29.6 Å². The molecule has 1 unspecified atom stereocenters. The fourth-order valence-corrected chi connectivity index (χ4v) is 4.10. The molecule has 1 atom stereocenters. The minimum atomic E-state index is 0.0808. The Bertz CT molecular complexity index is 551. The van der Waals surface area contributed by atoms with Gasteiger partial charge in [-0.05, 0) is 49.9 Å². The average Bonchev–Trinajstić information content (AvgIpc) is 2.75. The van der Waals surface area contributed by atoms with E-state index in [0.717, 1.165) is 42.4 Å². The van der Waals surface area contributed by atoms with Crippen LogP contribution in [0.2, 0.25) is 0 Å². The smallest absolute Gasteiger partial charge is 0.321 e. The van der Waals surface area contributed by atoms with Crippen molar-refractivity contribution in [3.05, 3.63) is 41.4 Å². The molecule has 3 nitrogen and oxygen atoms in total. The van der Waals surface area contributed by atoms with Gasteiger partial charge in [-0.3, -0.25) is 4.90 Å². The van der Waals surface area contributed by atoms with E-state index in [9.17, 15) is 4.79 Å². The van der Waals surface area contributed by atoms with Gasteiger partial charge in [0.2, 0.25) is 0 Å². The van der Waals surface area contributed by atoms with Crippen LogP contribution in [0.1, 0.15) is 44.9 Å². The van der Waals surface area contributed by atoms with Gasteiger partial charge in [0, 0.05) is 22.7 Å². The number of benzene rings is 1. The van der Waals surface area contributed by atoms with Crippen LogP contribution in [0, 0.1) is 0 Å². The Kier molecular flexibility index (Phi) is 5.42. The van der Waals surface area contributed by atoms with E-state index in [4.69, 9.17) is 0 Å². The summed E-state index contributed by atoms with van der Waals surface area (Å²) in [6.45, 7) is 4.85. The van der Waals surface area contributed by atoms with E-state index in [2.05, 4.69) is 27.4 Å². The highest BCUT2D eigenvalue weighted by atomic mass is 79.9. The molecule has 0 aromatic heterocycles. The summed E-state index contributed by atoms with van der Waals surface area (Å²) in [7, 11) is 0. The summed E-state index contributed by atoms with van der Waals surface area (Å²) in [5.74, 6) is 0. The zero-order valence-electron chi connectivity index (χ0n) is 13.6. The third kappa shape index (κ3) is 3.63. The number of halogens is 1. The van der Waals surface area contributed by atoms with Gasteiger partial charge in [-0.1, -0.05) is 41.3 Å². The zero-order valence-corrected chi connectivity index (χ0v) is 15.2. The molecule has 0 radical (unpaired) electrons. The van der Waals surface area contributed by atoms with Gasteiger partial charge in [0.15, 0.2) is 0 Å². The van der Waals surface area contributed by atoms with Crippen LogP contribution in [-0.2, 0) is 0 Å². The van der Waals surface area contributed by atoms with Gasteiger partial charge in [0.05, 0.1) is 6.04 Å². The predicted molar refractivity (Wildman–Crippen MR) is 98.8 cm³/mol. The fourth-order valence-electron chi connectivity index (χ4n) is 3.83. The highest BCUT2D eigenvalue weighted by Gasteiger charge is 2.34. The van der Waals surface area contributed by atoms with Crippen molar-refractivity contribution in [1.29, 1.82) is 0 Å². The lowest BCUT2D eigenvalue weighted by atomic mass is 9.94. The van der Waals surface area contributed by atoms with E-state index in [-0.39, 0.29) is 12.1 Å². The molecule has 0 spiro atoms. The Morgan fingerprint density at radius 2 is 1.74 bits per heavy atom. The van der Waals surface area contributed by atoms with E-state index in [1.165, 1.54) is 19.3 Å². The van der Waals surface area contributed by atoms with Crippen molar-refractivity contribution < 1.29 is 4.79 Å². The number of rotatable bonds is 3. The SMILES string of the molecule is C=CC1CCCN(C2CCCCC2)C(=O)N1c1ccc(Br)cc1. The molecule has 23 heavy (non-hydrogen) atoms. The molecule has 3 rings (SSSR count). The number of carbonyl (C=O) groups excluding carboxylic acids is 1. The third-order valence-corrected chi connectivity index (χ3v) is 5.60. The summed E-state index contributed by atoms with van der Waals surface area (Å²) in [5.41, 5.74) is 0.964. The Hall–Kier alpha value is -1.29. The molecule has 1 saturated carbocycles. The van der Waals surface area contributed by atoms with Crippen LogP contribution < -0.4 is 4.90 Å². The molecular weight excluding hydrogens is 352 g/mol. The summed E-state index contributed by atoms with van der Waals surface area (Å²) < 4.78 is 1.03. The first-order valence-electron chi connectivity index (χ1n) is 8.68. The summed E-state index contributed by atoms with van der Waals surface area (Å²) >= 11 is 3.47. The molecule has 0 bridgehead atoms. The number of urea groups is 1. The molecule has 2 aliphatic rings. The van der Waals surface area contributed by atoms with Crippen LogP contribution in [0.25, 0.3) is 0 Å². The first-order chi connectivity index (χ1) is 11.2. The Morgan fingerprint density at radius 1 is 1.04 bits per heavy atom. The first kappa shape index (κ1) is 16.6. The van der Waals surface area contributed by atoms with Gasteiger partial charge < -0.3 is 4.90 Å². The Labute approximate surface area is 147 Å². The monoisotopic (exact) mass is 376 g/mol. The molecule has 2 amide bonds. The second-order valence-corrected chi connectivity index (χ2v) is 7.48. The van der Waals surface area contributed by atoms with Crippen molar-refractivity contribution in [2.45, 2.75) is 57.0 Å². The second-order valence-electron chi connectivity index (χ2n) is 6.56. The van der Waals surface area contributed by atoms with E-state index in [0.29, 0.717) is 6.04 Å². The maximum atomic E-state index is 13.3. The second kappa shape index (κ2) is 7.52. The lowest BCUT2D eigenvalue weighted by molar-refractivity contribution is 0.165. The highest BCUT2D eigenvalue weighted by Crippen LogP contribution is 2.30. The summed E-state index contributed by atoms with van der Waals surface area (Å²) in [6, 6.07) is 8.68. The lowest BCUT2D eigenvalue weighted by Crippen LogP contribution is -2.50. The quantitative estimate of drug-likeness (QED) is 0.651. The van der Waals surface area contributed by atoms with Crippen LogP contribution in [0.5, 0.6) is 0 Å². The van der Waals surface area contributed by atoms with E-state index in [1.807, 2.05) is 35.2 Å². The molecule has 0 N–H and O–H groups in total. The first-order valence-corrected chi connectivity index (χ1v) is 9.48. The van der Waals surface area contributed by atoms with Crippen molar-refractivity contribution >= 4 is 27.6 Å². The van der Waals surface area contributed by atoms with E-state index in [1.54, 1.807) is 0 Å². The van der Waals surface area contributed by atoms with Gasteiger partial charge in [-0.2, -0.15) is 0 Å². The Balaban J connectivity index is 1.89. The number of anilines is 1. The topological polar surface area (TPSA) is 23.6 Å². The normalized spacial score (nSPS) is 23.7. The fraction of sp³-hybridized carbons (Fsp3) is 0.526. The van der Waals surface area contributed by atoms with Crippen molar-refractivity contribution in [3.8, 4) is 0 Å². The minimum absolute atomic E-state index is 0.0808. The van der Waals surface area contributed by atoms with Gasteiger partial charge >= 0.3 is 6.03 Å². The maximum Gasteiger partial charge on any atom is 0.325 e. The molecule has 1 aliphatic heterocycles. The highest BCUT2D eigenvalue weighted by molar-refractivity contribution is 9.10. The standard InChI is InChI=1S/C19H25BrN2O/c1-2-16-9-6-14-21(17-7-4-3-5-8-17)19(23)22(16)18-12-10-15(20)11-13-18/h2,10-13,16-17H,1,3-9,14H2. The number of nitrogens with zero attached hydrogens (tertiary/aromatic N) is 2. The maximum absolute atomic E-state index is 13.3. The molecule has 1 aromatic carbocycles. The average molecular weight is 377 g/mol. The minimum Gasteiger partial charge on any atom is -0.321 e. The van der Waals surface area contributed by atoms with Gasteiger partial charge in [-0.15, -0.1) is 6.58 Å². The molecule has 4 heteroatoms. The number of hydrogen-bond acceptors (Lipinski definition) is 1.